The Morgan fingerprint density at radius 1 is 1.03 bits per heavy atom. The number of nitrogen functional groups attached to an aromatic ring is 1. The molecule has 0 atom stereocenters. The summed E-state index contributed by atoms with van der Waals surface area (Å²) in [6.45, 7) is 1.06. The molecule has 0 bridgehead atoms. The number of aromatic nitrogens is 2. The fourth-order valence-corrected chi connectivity index (χ4v) is 3.46. The number of benzene rings is 2. The van der Waals surface area contributed by atoms with Crippen molar-refractivity contribution >= 4 is 23.3 Å². The summed E-state index contributed by atoms with van der Waals surface area (Å²) < 4.78 is 7.23. The summed E-state index contributed by atoms with van der Waals surface area (Å²) in [6.07, 6.45) is 0. The van der Waals surface area contributed by atoms with E-state index in [1.807, 2.05) is 6.07 Å². The Labute approximate surface area is 195 Å². The lowest BCUT2D eigenvalue weighted by molar-refractivity contribution is 0.0475. The van der Waals surface area contributed by atoms with E-state index >= 15 is 0 Å². The van der Waals surface area contributed by atoms with Crippen LogP contribution in [-0.2, 0) is 17.8 Å². The smallest absolute Gasteiger partial charge is 0.340 e. The molecule has 0 spiro atoms. The minimum atomic E-state index is -0.833. The number of anilines is 2. The molecule has 4 N–H and O–H groups in total. The summed E-state index contributed by atoms with van der Waals surface area (Å²) in [7, 11) is 0. The van der Waals surface area contributed by atoms with Crippen molar-refractivity contribution in [2.45, 2.75) is 20.0 Å². The molecule has 0 fully saturated rings. The molecule has 10 heteroatoms. The normalized spacial score (nSPS) is 10.6. The van der Waals surface area contributed by atoms with Crippen LogP contribution < -0.4 is 22.3 Å². The molecule has 3 rings (SSSR count). The number of hydrogen-bond donors (Lipinski definition) is 3. The molecule has 1 heterocycles. The van der Waals surface area contributed by atoms with Gasteiger partial charge in [0, 0.05) is 18.8 Å². The maximum atomic E-state index is 12.9. The minimum Gasteiger partial charge on any atom is -0.454 e. The molecule has 34 heavy (non-hydrogen) atoms. The van der Waals surface area contributed by atoms with E-state index < -0.39 is 35.2 Å². The quantitative estimate of drug-likeness (QED) is 0.297. The zero-order chi connectivity index (χ0) is 24.7. The van der Waals surface area contributed by atoms with E-state index in [2.05, 4.69) is 5.32 Å². The molecule has 178 valence electrons. The lowest BCUT2D eigenvalue weighted by Crippen LogP contribution is -2.44. The van der Waals surface area contributed by atoms with Crippen molar-refractivity contribution in [3.8, 4) is 0 Å². The number of Topliss-reactive ketones (excluding diaryl/α,β-unsaturated/α-hetero) is 1. The van der Waals surface area contributed by atoms with Gasteiger partial charge in [0.05, 0.1) is 18.7 Å². The average Bonchev–Trinajstić information content (AvgIpc) is 2.85. The van der Waals surface area contributed by atoms with Crippen molar-refractivity contribution in [3.05, 3.63) is 92.1 Å². The number of ketones is 1. The van der Waals surface area contributed by atoms with Gasteiger partial charge in [0.2, 0.25) is 5.78 Å². The molecule has 1 aromatic heterocycles. The summed E-state index contributed by atoms with van der Waals surface area (Å²) >= 11 is 0. The van der Waals surface area contributed by atoms with E-state index in [1.165, 1.54) is 6.07 Å². The van der Waals surface area contributed by atoms with E-state index in [0.717, 1.165) is 14.7 Å². The van der Waals surface area contributed by atoms with E-state index in [0.29, 0.717) is 5.69 Å². The van der Waals surface area contributed by atoms with Gasteiger partial charge in [0.15, 0.2) is 6.61 Å². The van der Waals surface area contributed by atoms with Gasteiger partial charge in [0.25, 0.3) is 5.56 Å². The average molecular weight is 466 g/mol. The SMILES string of the molecule is CCn1c(=O)c(C(=O)COC(=O)c2ccccc2NCCO)c(N)n(Cc2ccccc2)c1=O. The van der Waals surface area contributed by atoms with Gasteiger partial charge in [-0.05, 0) is 24.6 Å². The van der Waals surface area contributed by atoms with Gasteiger partial charge in [-0.25, -0.2) is 9.59 Å². The van der Waals surface area contributed by atoms with Crippen LogP contribution in [-0.4, -0.2) is 45.8 Å². The third-order valence-electron chi connectivity index (χ3n) is 5.15. The Balaban J connectivity index is 1.89. The number of nitrogens with zero attached hydrogens (tertiary/aromatic N) is 2. The highest BCUT2D eigenvalue weighted by Crippen LogP contribution is 2.16. The second-order valence-electron chi connectivity index (χ2n) is 7.36. The van der Waals surface area contributed by atoms with Gasteiger partial charge >= 0.3 is 11.7 Å². The van der Waals surface area contributed by atoms with Gasteiger partial charge in [-0.3, -0.25) is 18.7 Å². The first-order valence-electron chi connectivity index (χ1n) is 10.7. The van der Waals surface area contributed by atoms with Gasteiger partial charge < -0.3 is 20.9 Å². The molecule has 0 aliphatic rings. The van der Waals surface area contributed by atoms with Crippen LogP contribution >= 0.6 is 0 Å². The molecule has 10 nitrogen and oxygen atoms in total. The van der Waals surface area contributed by atoms with Crippen LogP contribution in [0.5, 0.6) is 0 Å². The molecule has 3 aromatic rings. The van der Waals surface area contributed by atoms with Crippen molar-refractivity contribution in [1.82, 2.24) is 9.13 Å². The monoisotopic (exact) mass is 466 g/mol. The van der Waals surface area contributed by atoms with E-state index in [9.17, 15) is 19.2 Å². The fraction of sp³-hybridized carbons (Fsp3) is 0.250. The second-order valence-corrected chi connectivity index (χ2v) is 7.36. The van der Waals surface area contributed by atoms with Crippen LogP contribution in [0.4, 0.5) is 11.5 Å². The number of carbonyl (C=O) groups is 2. The van der Waals surface area contributed by atoms with Crippen LogP contribution in [0, 0.1) is 0 Å². The summed E-state index contributed by atoms with van der Waals surface area (Å²) in [4.78, 5) is 51.2. The highest BCUT2D eigenvalue weighted by atomic mass is 16.5. The van der Waals surface area contributed by atoms with E-state index in [4.69, 9.17) is 15.6 Å². The molecule has 0 saturated heterocycles. The summed E-state index contributed by atoms with van der Waals surface area (Å²) in [5.41, 5.74) is 5.59. The fourth-order valence-electron chi connectivity index (χ4n) is 3.46. The second kappa shape index (κ2) is 11.1. The van der Waals surface area contributed by atoms with Crippen LogP contribution in [0.25, 0.3) is 0 Å². The Kier molecular flexibility index (Phi) is 7.99. The predicted octanol–water partition coefficient (Wildman–Crippen LogP) is 1.10. The maximum absolute atomic E-state index is 12.9. The lowest BCUT2D eigenvalue weighted by Gasteiger charge is -2.16. The molecular weight excluding hydrogens is 440 g/mol. The van der Waals surface area contributed by atoms with Gasteiger partial charge in [-0.2, -0.15) is 0 Å². The zero-order valence-corrected chi connectivity index (χ0v) is 18.7. The van der Waals surface area contributed by atoms with E-state index in [-0.39, 0.29) is 37.6 Å². The Hall–Kier alpha value is -4.18. The zero-order valence-electron chi connectivity index (χ0n) is 18.7. The standard InChI is InChI=1S/C24H26N4O6/c1-2-27-22(31)20(21(25)28(24(27)33)14-16-8-4-3-5-9-16)19(30)15-34-23(32)17-10-6-7-11-18(17)26-12-13-29/h3-11,26,29H,2,12-15,25H2,1H3. The first-order chi connectivity index (χ1) is 16.4. The predicted molar refractivity (Wildman–Crippen MR) is 127 cm³/mol. The number of esters is 1. The number of aliphatic hydroxyl groups is 1. The Bertz CT molecular complexity index is 1300. The van der Waals surface area contributed by atoms with Crippen LogP contribution in [0.2, 0.25) is 0 Å². The summed E-state index contributed by atoms with van der Waals surface area (Å²) in [5, 5.41) is 11.9. The van der Waals surface area contributed by atoms with Crippen molar-refractivity contribution in [1.29, 1.82) is 0 Å². The number of carbonyl (C=O) groups excluding carboxylic acids is 2. The van der Waals surface area contributed by atoms with Crippen molar-refractivity contribution in [2.75, 3.05) is 30.8 Å². The van der Waals surface area contributed by atoms with Crippen LogP contribution in [0.15, 0.2) is 64.2 Å². The first kappa shape index (κ1) is 24.5. The third kappa shape index (κ3) is 5.24. The molecule has 2 aromatic carbocycles. The molecule has 0 radical (unpaired) electrons. The van der Waals surface area contributed by atoms with Crippen LogP contribution in [0.1, 0.15) is 33.2 Å². The number of ether oxygens (including phenoxy) is 1. The summed E-state index contributed by atoms with van der Waals surface area (Å²) in [5.74, 6) is -1.89. The molecule has 0 unspecified atom stereocenters. The number of aliphatic hydroxyl groups excluding tert-OH is 1. The van der Waals surface area contributed by atoms with Gasteiger partial charge in [-0.1, -0.05) is 42.5 Å². The number of rotatable bonds is 10. The number of para-hydroxylation sites is 1. The van der Waals surface area contributed by atoms with Crippen molar-refractivity contribution in [3.63, 3.8) is 0 Å². The minimum absolute atomic E-state index is 0.0384. The third-order valence-corrected chi connectivity index (χ3v) is 5.15. The topological polar surface area (TPSA) is 146 Å². The lowest BCUT2D eigenvalue weighted by atomic mass is 10.1. The maximum Gasteiger partial charge on any atom is 0.340 e. The molecule has 0 aliphatic heterocycles. The van der Waals surface area contributed by atoms with Crippen molar-refractivity contribution in [2.24, 2.45) is 0 Å². The number of nitrogens with two attached hydrogens (primary N) is 1. The summed E-state index contributed by atoms with van der Waals surface area (Å²) in [6, 6.07) is 15.5. The highest BCUT2D eigenvalue weighted by molar-refractivity contribution is 6.03. The van der Waals surface area contributed by atoms with Gasteiger partial charge in [0.1, 0.15) is 11.4 Å². The van der Waals surface area contributed by atoms with Crippen LogP contribution in [0.3, 0.4) is 0 Å². The molecular formula is C24H26N4O6. The number of nitrogens with one attached hydrogen (secondary N) is 1. The van der Waals surface area contributed by atoms with Crippen molar-refractivity contribution < 1.29 is 19.4 Å². The molecule has 0 amide bonds. The Morgan fingerprint density at radius 2 is 1.71 bits per heavy atom. The van der Waals surface area contributed by atoms with Gasteiger partial charge in [-0.15, -0.1) is 0 Å². The number of hydrogen-bond acceptors (Lipinski definition) is 8. The highest BCUT2D eigenvalue weighted by Gasteiger charge is 2.24. The molecule has 0 saturated carbocycles. The Morgan fingerprint density at radius 3 is 2.38 bits per heavy atom. The molecule has 0 aliphatic carbocycles. The van der Waals surface area contributed by atoms with E-state index in [1.54, 1.807) is 49.4 Å². The largest absolute Gasteiger partial charge is 0.454 e. The first-order valence-corrected chi connectivity index (χ1v) is 10.7.